The van der Waals surface area contributed by atoms with Gasteiger partial charge in [0, 0.05) is 0 Å². The van der Waals surface area contributed by atoms with Gasteiger partial charge in [-0.15, -0.1) is 0 Å². The summed E-state index contributed by atoms with van der Waals surface area (Å²) in [7, 11) is -0.802. The average molecular weight is 573 g/mol. The van der Waals surface area contributed by atoms with Crippen LogP contribution in [0.3, 0.4) is 0 Å². The molecule has 0 spiro atoms. The SMILES string of the molecule is CCCCCCCCCCCCCCCCCCS(=O)(=O)N1CC[N+](C)(CC)CC1.[I-]. The molecular formula is C25H53IN2O2S. The minimum absolute atomic E-state index is 0. The zero-order chi connectivity index (χ0) is 22.1. The molecule has 0 N–H and O–H groups in total. The number of quaternary nitrogens is 1. The summed E-state index contributed by atoms with van der Waals surface area (Å²) in [5.41, 5.74) is 0. The Morgan fingerprint density at radius 3 is 1.35 bits per heavy atom. The first kappa shape index (κ1) is 31.6. The maximum atomic E-state index is 12.6. The Hall–Kier alpha value is 0.600. The Bertz CT molecular complexity index is 506. The average Bonchev–Trinajstić information content (AvgIpc) is 2.73. The van der Waals surface area contributed by atoms with Crippen LogP contribution in [0.2, 0.25) is 0 Å². The minimum atomic E-state index is -3.04. The molecule has 188 valence electrons. The second-order valence-corrected chi connectivity index (χ2v) is 12.0. The lowest BCUT2D eigenvalue weighted by molar-refractivity contribution is -0.911. The minimum Gasteiger partial charge on any atom is -1.00 e. The van der Waals surface area contributed by atoms with Gasteiger partial charge in [0.1, 0.15) is 0 Å². The highest BCUT2D eigenvalue weighted by atomic mass is 127. The highest BCUT2D eigenvalue weighted by molar-refractivity contribution is 7.89. The second-order valence-electron chi connectivity index (χ2n) is 9.90. The lowest BCUT2D eigenvalue weighted by atomic mass is 10.0. The predicted octanol–water partition coefficient (Wildman–Crippen LogP) is 3.36. The van der Waals surface area contributed by atoms with Crippen molar-refractivity contribution in [2.75, 3.05) is 45.5 Å². The van der Waals surface area contributed by atoms with E-state index in [-0.39, 0.29) is 24.0 Å². The molecule has 1 aliphatic rings. The number of rotatable bonds is 19. The Balaban J connectivity index is 0.00000900. The smallest absolute Gasteiger partial charge is 0.214 e. The lowest BCUT2D eigenvalue weighted by Gasteiger charge is -2.40. The lowest BCUT2D eigenvalue weighted by Crippen LogP contribution is -3.00. The number of hydrogen-bond acceptors (Lipinski definition) is 2. The number of likely N-dealkylation sites (N-methyl/N-ethyl adjacent to an activating group) is 1. The molecule has 0 saturated carbocycles. The van der Waals surface area contributed by atoms with Crippen LogP contribution >= 0.6 is 0 Å². The monoisotopic (exact) mass is 572 g/mol. The van der Waals surface area contributed by atoms with Crippen LogP contribution in [0.15, 0.2) is 0 Å². The molecule has 6 heteroatoms. The van der Waals surface area contributed by atoms with Crippen molar-refractivity contribution in [3.8, 4) is 0 Å². The van der Waals surface area contributed by atoms with Gasteiger partial charge in [-0.05, 0) is 13.3 Å². The van der Waals surface area contributed by atoms with E-state index >= 15 is 0 Å². The van der Waals surface area contributed by atoms with Crippen LogP contribution in [0.25, 0.3) is 0 Å². The van der Waals surface area contributed by atoms with Crippen molar-refractivity contribution in [2.45, 2.75) is 117 Å². The largest absolute Gasteiger partial charge is 1.00 e. The quantitative estimate of drug-likeness (QED) is 0.135. The van der Waals surface area contributed by atoms with Crippen LogP contribution < -0.4 is 24.0 Å². The third kappa shape index (κ3) is 15.2. The van der Waals surface area contributed by atoms with E-state index in [4.69, 9.17) is 0 Å². The molecule has 1 rings (SSSR count). The van der Waals surface area contributed by atoms with Crippen LogP contribution in [0.1, 0.15) is 117 Å². The van der Waals surface area contributed by atoms with Crippen LogP contribution in [0.4, 0.5) is 0 Å². The van der Waals surface area contributed by atoms with E-state index in [0.29, 0.717) is 18.8 Å². The van der Waals surface area contributed by atoms with Crippen molar-refractivity contribution in [1.29, 1.82) is 0 Å². The molecule has 0 aromatic rings. The maximum absolute atomic E-state index is 12.6. The van der Waals surface area contributed by atoms with Crippen molar-refractivity contribution in [3.05, 3.63) is 0 Å². The third-order valence-electron chi connectivity index (χ3n) is 7.19. The van der Waals surface area contributed by atoms with Gasteiger partial charge in [0.25, 0.3) is 0 Å². The first-order chi connectivity index (χ1) is 14.4. The molecule has 31 heavy (non-hydrogen) atoms. The number of nitrogens with zero attached hydrogens (tertiary/aromatic N) is 2. The summed E-state index contributed by atoms with van der Waals surface area (Å²) in [4.78, 5) is 0. The van der Waals surface area contributed by atoms with Gasteiger partial charge in [0.15, 0.2) is 0 Å². The zero-order valence-electron chi connectivity index (χ0n) is 21.1. The van der Waals surface area contributed by atoms with Crippen LogP contribution in [0, 0.1) is 0 Å². The number of halogens is 1. The fourth-order valence-electron chi connectivity index (χ4n) is 4.49. The van der Waals surface area contributed by atoms with Crippen molar-refractivity contribution < 1.29 is 36.9 Å². The molecule has 0 atom stereocenters. The van der Waals surface area contributed by atoms with Gasteiger partial charge >= 0.3 is 0 Å². The highest BCUT2D eigenvalue weighted by Crippen LogP contribution is 2.16. The molecule has 0 unspecified atom stereocenters. The van der Waals surface area contributed by atoms with E-state index in [1.165, 1.54) is 89.9 Å². The van der Waals surface area contributed by atoms with E-state index in [1.807, 2.05) is 0 Å². The molecule has 0 aromatic carbocycles. The number of piperazine rings is 1. The summed E-state index contributed by atoms with van der Waals surface area (Å²) < 4.78 is 27.9. The number of sulfonamides is 1. The summed E-state index contributed by atoms with van der Waals surface area (Å²) >= 11 is 0. The van der Waals surface area contributed by atoms with E-state index in [9.17, 15) is 8.42 Å². The topological polar surface area (TPSA) is 37.4 Å². The normalized spacial score (nSPS) is 16.9. The number of unbranched alkanes of at least 4 members (excludes halogenated alkanes) is 15. The van der Waals surface area contributed by atoms with Crippen molar-refractivity contribution in [1.82, 2.24) is 4.31 Å². The Labute approximate surface area is 212 Å². The molecule has 0 radical (unpaired) electrons. The van der Waals surface area contributed by atoms with Crippen LogP contribution in [0.5, 0.6) is 0 Å². The summed E-state index contributed by atoms with van der Waals surface area (Å²) in [6.07, 6.45) is 21.1. The first-order valence-corrected chi connectivity index (χ1v) is 14.9. The Morgan fingerprint density at radius 1 is 0.645 bits per heavy atom. The van der Waals surface area contributed by atoms with Gasteiger partial charge in [-0.1, -0.05) is 103 Å². The number of hydrogen-bond donors (Lipinski definition) is 0. The van der Waals surface area contributed by atoms with Crippen molar-refractivity contribution in [2.24, 2.45) is 0 Å². The van der Waals surface area contributed by atoms with E-state index in [1.54, 1.807) is 4.31 Å². The van der Waals surface area contributed by atoms with Crippen LogP contribution in [-0.2, 0) is 10.0 Å². The van der Waals surface area contributed by atoms with Gasteiger partial charge in [-0.25, -0.2) is 8.42 Å². The highest BCUT2D eigenvalue weighted by Gasteiger charge is 2.32. The van der Waals surface area contributed by atoms with Gasteiger partial charge in [-0.3, -0.25) is 0 Å². The summed E-state index contributed by atoms with van der Waals surface area (Å²) in [5.74, 6) is 0.348. The third-order valence-corrected chi connectivity index (χ3v) is 9.15. The standard InChI is InChI=1S/C25H53N2O2S.HI/c1-4-6-7-8-9-10-11-12-13-14-15-16-17-18-19-20-25-30(28,29)26-21-23-27(3,5-2)24-22-26;/h4-25H2,1-3H3;1H/q+1;/p-1. The van der Waals surface area contributed by atoms with Gasteiger partial charge in [-0.2, -0.15) is 4.31 Å². The second kappa shape index (κ2) is 19.0. The Morgan fingerprint density at radius 2 is 1.00 bits per heavy atom. The molecule has 0 aliphatic carbocycles. The summed E-state index contributed by atoms with van der Waals surface area (Å²) in [6.45, 7) is 8.87. The summed E-state index contributed by atoms with van der Waals surface area (Å²) in [6, 6.07) is 0. The predicted molar refractivity (Wildman–Crippen MR) is 131 cm³/mol. The van der Waals surface area contributed by atoms with Crippen molar-refractivity contribution >= 4 is 10.0 Å². The van der Waals surface area contributed by atoms with E-state index in [0.717, 1.165) is 37.0 Å². The first-order valence-electron chi connectivity index (χ1n) is 13.2. The van der Waals surface area contributed by atoms with Crippen molar-refractivity contribution in [3.63, 3.8) is 0 Å². The Kier molecular flexibility index (Phi) is 19.3. The molecule has 4 nitrogen and oxygen atoms in total. The van der Waals surface area contributed by atoms with E-state index in [2.05, 4.69) is 20.9 Å². The zero-order valence-corrected chi connectivity index (χ0v) is 24.0. The molecule has 1 fully saturated rings. The van der Waals surface area contributed by atoms with Gasteiger partial charge in [0.2, 0.25) is 10.0 Å². The molecule has 0 aromatic heterocycles. The summed E-state index contributed by atoms with van der Waals surface area (Å²) in [5, 5.41) is 0. The fraction of sp³-hybridized carbons (Fsp3) is 1.00. The van der Waals surface area contributed by atoms with Crippen LogP contribution in [-0.4, -0.2) is 62.7 Å². The van der Waals surface area contributed by atoms with Gasteiger partial charge in [0.05, 0.1) is 45.5 Å². The maximum Gasteiger partial charge on any atom is 0.214 e. The molecular weight excluding hydrogens is 519 g/mol. The molecule has 1 aliphatic heterocycles. The molecule has 1 heterocycles. The van der Waals surface area contributed by atoms with E-state index < -0.39 is 10.0 Å². The molecule has 0 bridgehead atoms. The fourth-order valence-corrected chi connectivity index (χ4v) is 6.03. The van der Waals surface area contributed by atoms with Gasteiger partial charge < -0.3 is 28.5 Å². The molecule has 1 saturated heterocycles. The molecule has 0 amide bonds.